The molecule has 1 amide bonds. The standard InChI is InChI=1S/C29H26N2O3/c1-18-12-14-19(15-13-18)25-23-10-6-16-31(23)29(21-8-3-4-9-22(21)30-27(29)33)28(25)17-34-24-11-5-2-7-20(24)26(28)32/h2-5,7-9,11-15,23,25H,6,10,16-17H2,1H3,(H,30,33)/t23-,25-,28-,29-/m1/s1. The van der Waals surface area contributed by atoms with Crippen LogP contribution >= 0.6 is 0 Å². The molecule has 4 aliphatic rings. The molecule has 0 unspecified atom stereocenters. The highest BCUT2D eigenvalue weighted by Crippen LogP contribution is 2.68. The van der Waals surface area contributed by atoms with Gasteiger partial charge in [-0.15, -0.1) is 0 Å². The SMILES string of the molecule is Cc1ccc([C@@H]2[C@H]3CCCN3[C@]3(C(=O)Nc4ccccc43)[C@]23COc2ccccc2C3=O)cc1. The topological polar surface area (TPSA) is 58.6 Å². The Morgan fingerprint density at radius 1 is 0.971 bits per heavy atom. The predicted molar refractivity (Wildman–Crippen MR) is 129 cm³/mol. The number of rotatable bonds is 1. The molecular weight excluding hydrogens is 424 g/mol. The fraction of sp³-hybridized carbons (Fsp3) is 0.310. The van der Waals surface area contributed by atoms with Crippen molar-refractivity contribution in [3.05, 3.63) is 95.1 Å². The Morgan fingerprint density at radius 3 is 2.59 bits per heavy atom. The van der Waals surface area contributed by atoms with E-state index in [1.807, 2.05) is 48.5 Å². The van der Waals surface area contributed by atoms with E-state index in [4.69, 9.17) is 4.74 Å². The molecule has 0 bridgehead atoms. The minimum atomic E-state index is -1.11. The van der Waals surface area contributed by atoms with E-state index in [2.05, 4.69) is 41.4 Å². The minimum absolute atomic E-state index is 0.0150. The van der Waals surface area contributed by atoms with Crippen molar-refractivity contribution in [2.45, 2.75) is 37.3 Å². The van der Waals surface area contributed by atoms with Crippen molar-refractivity contribution in [3.63, 3.8) is 0 Å². The van der Waals surface area contributed by atoms with Crippen molar-refractivity contribution < 1.29 is 14.3 Å². The van der Waals surface area contributed by atoms with Gasteiger partial charge in [-0.2, -0.15) is 0 Å². The molecule has 0 aliphatic carbocycles. The van der Waals surface area contributed by atoms with Crippen LogP contribution in [0, 0.1) is 12.3 Å². The zero-order chi connectivity index (χ0) is 23.1. The third kappa shape index (κ3) is 2.19. The molecule has 3 aromatic rings. The third-order valence-corrected chi connectivity index (χ3v) is 8.61. The van der Waals surface area contributed by atoms with Crippen LogP contribution in [0.4, 0.5) is 5.69 Å². The van der Waals surface area contributed by atoms with E-state index < -0.39 is 11.0 Å². The molecule has 0 aromatic heterocycles. The van der Waals surface area contributed by atoms with Crippen LogP contribution in [-0.2, 0) is 10.3 Å². The number of ether oxygens (including phenoxy) is 1. The summed E-state index contributed by atoms with van der Waals surface area (Å²) >= 11 is 0. The number of amides is 1. The van der Waals surface area contributed by atoms with Gasteiger partial charge < -0.3 is 10.1 Å². The van der Waals surface area contributed by atoms with Crippen LogP contribution in [0.2, 0.25) is 0 Å². The highest BCUT2D eigenvalue weighted by molar-refractivity contribution is 6.15. The Bertz CT molecular complexity index is 1350. The first kappa shape index (κ1) is 20.0. The zero-order valence-corrected chi connectivity index (χ0v) is 19.1. The molecular formula is C29H26N2O3. The van der Waals surface area contributed by atoms with Gasteiger partial charge in [0.15, 0.2) is 5.78 Å². The average molecular weight is 451 g/mol. The number of benzene rings is 3. The Balaban J connectivity index is 1.57. The lowest BCUT2D eigenvalue weighted by Crippen LogP contribution is -2.63. The average Bonchev–Trinajstić information content (AvgIpc) is 3.50. The van der Waals surface area contributed by atoms with Crippen molar-refractivity contribution in [3.8, 4) is 5.75 Å². The number of Topliss-reactive ketones (excluding diaryl/α,β-unsaturated/α-hetero) is 1. The van der Waals surface area contributed by atoms with Gasteiger partial charge in [0.2, 0.25) is 0 Å². The van der Waals surface area contributed by atoms with Gasteiger partial charge in [0.05, 0.1) is 5.56 Å². The predicted octanol–water partition coefficient (Wildman–Crippen LogP) is 4.67. The van der Waals surface area contributed by atoms with Crippen molar-refractivity contribution >= 4 is 17.4 Å². The van der Waals surface area contributed by atoms with Crippen LogP contribution in [0.5, 0.6) is 5.75 Å². The summed E-state index contributed by atoms with van der Waals surface area (Å²) in [6, 6.07) is 23.9. The summed E-state index contributed by atoms with van der Waals surface area (Å²) in [4.78, 5) is 31.3. The highest BCUT2D eigenvalue weighted by atomic mass is 16.5. The van der Waals surface area contributed by atoms with Crippen molar-refractivity contribution in [1.29, 1.82) is 0 Å². The molecule has 1 N–H and O–H groups in total. The Morgan fingerprint density at radius 2 is 1.74 bits per heavy atom. The molecule has 4 atom stereocenters. The van der Waals surface area contributed by atoms with Gasteiger partial charge in [0.25, 0.3) is 5.91 Å². The molecule has 0 saturated carbocycles. The van der Waals surface area contributed by atoms with Gasteiger partial charge in [-0.05, 0) is 50.1 Å². The molecule has 5 heteroatoms. The first-order valence-electron chi connectivity index (χ1n) is 12.1. The van der Waals surface area contributed by atoms with E-state index in [1.165, 1.54) is 5.56 Å². The quantitative estimate of drug-likeness (QED) is 0.586. The number of anilines is 1. The maximum Gasteiger partial charge on any atom is 0.250 e. The lowest BCUT2D eigenvalue weighted by molar-refractivity contribution is -0.132. The number of aryl methyl sites for hydroxylation is 1. The molecule has 2 spiro atoms. The second kappa shape index (κ2) is 6.80. The lowest BCUT2D eigenvalue weighted by Gasteiger charge is -2.48. The minimum Gasteiger partial charge on any atom is -0.492 e. The van der Waals surface area contributed by atoms with Gasteiger partial charge in [0.1, 0.15) is 23.3 Å². The largest absolute Gasteiger partial charge is 0.492 e. The van der Waals surface area contributed by atoms with Crippen molar-refractivity contribution in [2.24, 2.45) is 5.41 Å². The number of carbonyl (C=O) groups excluding carboxylic acids is 2. The summed E-state index contributed by atoms with van der Waals surface area (Å²) in [5.41, 5.74) is 2.38. The number of para-hydroxylation sites is 2. The number of fused-ring (bicyclic) bond motifs is 6. The molecule has 2 fully saturated rings. The summed E-state index contributed by atoms with van der Waals surface area (Å²) in [6.45, 7) is 3.03. The van der Waals surface area contributed by atoms with E-state index in [9.17, 15) is 9.59 Å². The lowest BCUT2D eigenvalue weighted by atomic mass is 9.56. The molecule has 2 saturated heterocycles. The number of nitrogens with zero attached hydrogens (tertiary/aromatic N) is 1. The number of hydrogen-bond donors (Lipinski definition) is 1. The maximum atomic E-state index is 14.8. The van der Waals surface area contributed by atoms with Crippen LogP contribution in [0.25, 0.3) is 0 Å². The number of ketones is 1. The van der Waals surface area contributed by atoms with Crippen LogP contribution in [0.3, 0.4) is 0 Å². The molecule has 34 heavy (non-hydrogen) atoms. The van der Waals surface area contributed by atoms with Gasteiger partial charge in [-0.3, -0.25) is 14.5 Å². The van der Waals surface area contributed by atoms with Gasteiger partial charge in [-0.25, -0.2) is 0 Å². The van der Waals surface area contributed by atoms with Crippen LogP contribution in [-0.4, -0.2) is 35.8 Å². The highest BCUT2D eigenvalue weighted by Gasteiger charge is 2.78. The Labute approximate surface area is 198 Å². The summed E-state index contributed by atoms with van der Waals surface area (Å²) in [7, 11) is 0. The molecule has 3 aromatic carbocycles. The van der Waals surface area contributed by atoms with Crippen LogP contribution in [0.15, 0.2) is 72.8 Å². The normalized spacial score (nSPS) is 31.3. The van der Waals surface area contributed by atoms with Crippen molar-refractivity contribution in [1.82, 2.24) is 4.90 Å². The van der Waals surface area contributed by atoms with Crippen molar-refractivity contribution in [2.75, 3.05) is 18.5 Å². The van der Waals surface area contributed by atoms with E-state index in [0.29, 0.717) is 11.3 Å². The number of carbonyl (C=O) groups is 2. The molecule has 170 valence electrons. The summed E-state index contributed by atoms with van der Waals surface area (Å²) in [5.74, 6) is 0.357. The maximum absolute atomic E-state index is 14.8. The molecule has 0 radical (unpaired) electrons. The Hall–Kier alpha value is -3.44. The van der Waals surface area contributed by atoms with Crippen LogP contribution in [0.1, 0.15) is 45.8 Å². The fourth-order valence-corrected chi connectivity index (χ4v) is 7.39. The van der Waals surface area contributed by atoms with E-state index in [-0.39, 0.29) is 30.3 Å². The van der Waals surface area contributed by atoms with E-state index in [1.54, 1.807) is 0 Å². The first-order chi connectivity index (χ1) is 16.6. The number of nitrogens with one attached hydrogen (secondary N) is 1. The third-order valence-electron chi connectivity index (χ3n) is 8.61. The fourth-order valence-electron chi connectivity index (χ4n) is 7.39. The van der Waals surface area contributed by atoms with Gasteiger partial charge >= 0.3 is 0 Å². The second-order valence-corrected chi connectivity index (χ2v) is 10.1. The van der Waals surface area contributed by atoms with Crippen LogP contribution < -0.4 is 10.1 Å². The molecule has 5 nitrogen and oxygen atoms in total. The molecule has 7 rings (SSSR count). The Kier molecular flexibility index (Phi) is 3.99. The monoisotopic (exact) mass is 450 g/mol. The summed E-state index contributed by atoms with van der Waals surface area (Å²) in [5, 5.41) is 3.15. The second-order valence-electron chi connectivity index (χ2n) is 10.1. The van der Waals surface area contributed by atoms with E-state index >= 15 is 0 Å². The van der Waals surface area contributed by atoms with Gasteiger partial charge in [-0.1, -0.05) is 60.2 Å². The molecule has 4 heterocycles. The summed E-state index contributed by atoms with van der Waals surface area (Å²) < 4.78 is 6.39. The molecule has 4 aliphatic heterocycles. The van der Waals surface area contributed by atoms with Gasteiger partial charge in [0, 0.05) is 23.2 Å². The smallest absolute Gasteiger partial charge is 0.250 e. The zero-order valence-electron chi connectivity index (χ0n) is 19.1. The summed E-state index contributed by atoms with van der Waals surface area (Å²) in [6.07, 6.45) is 1.96. The van der Waals surface area contributed by atoms with E-state index in [0.717, 1.165) is 36.2 Å². The first-order valence-corrected chi connectivity index (χ1v) is 12.1. The number of hydrogen-bond acceptors (Lipinski definition) is 4.